The molecule has 0 saturated heterocycles. The van der Waals surface area contributed by atoms with Crippen LogP contribution in [-0.4, -0.2) is 30.0 Å². The van der Waals surface area contributed by atoms with Gasteiger partial charge in [0.2, 0.25) is 0 Å². The van der Waals surface area contributed by atoms with Gasteiger partial charge in [0.25, 0.3) is 11.6 Å². The Morgan fingerprint density at radius 2 is 1.81 bits per heavy atom. The van der Waals surface area contributed by atoms with Crippen molar-refractivity contribution >= 4 is 23.3 Å². The third-order valence-corrected chi connectivity index (χ3v) is 3.47. The van der Waals surface area contributed by atoms with Crippen molar-refractivity contribution in [3.8, 4) is 5.75 Å². The van der Waals surface area contributed by atoms with Crippen molar-refractivity contribution in [1.82, 2.24) is 0 Å². The number of nitrogens with zero attached hydrogens (tertiary/aromatic N) is 1. The van der Waals surface area contributed by atoms with Gasteiger partial charge in [-0.25, -0.2) is 13.6 Å². The number of benzene rings is 2. The van der Waals surface area contributed by atoms with Crippen LogP contribution < -0.4 is 10.1 Å². The van der Waals surface area contributed by atoms with E-state index in [2.05, 4.69) is 5.32 Å². The molecule has 2 rings (SSSR count). The van der Waals surface area contributed by atoms with E-state index in [4.69, 9.17) is 9.47 Å². The molecule has 27 heavy (non-hydrogen) atoms. The Morgan fingerprint density at radius 1 is 1.19 bits per heavy atom. The molecule has 0 aromatic heterocycles. The summed E-state index contributed by atoms with van der Waals surface area (Å²) >= 11 is 0. The minimum absolute atomic E-state index is 0.0309. The predicted molar refractivity (Wildman–Crippen MR) is 89.5 cm³/mol. The van der Waals surface area contributed by atoms with Crippen LogP contribution in [0.25, 0.3) is 0 Å². The van der Waals surface area contributed by atoms with Gasteiger partial charge in [-0.15, -0.1) is 0 Å². The lowest BCUT2D eigenvalue weighted by molar-refractivity contribution is -0.384. The first-order valence-electron chi connectivity index (χ1n) is 7.53. The number of anilines is 1. The van der Waals surface area contributed by atoms with Crippen LogP contribution in [0.3, 0.4) is 0 Å². The second-order valence-corrected chi connectivity index (χ2v) is 5.28. The predicted octanol–water partition coefficient (Wildman–Crippen LogP) is 3.07. The average molecular weight is 380 g/mol. The maximum atomic E-state index is 13.6. The maximum Gasteiger partial charge on any atom is 0.344 e. The fourth-order valence-corrected chi connectivity index (χ4v) is 2.11. The van der Waals surface area contributed by atoms with Crippen molar-refractivity contribution in [3.63, 3.8) is 0 Å². The van der Waals surface area contributed by atoms with E-state index >= 15 is 0 Å². The highest BCUT2D eigenvalue weighted by molar-refractivity contribution is 5.98. The van der Waals surface area contributed by atoms with E-state index in [0.717, 1.165) is 24.3 Å². The van der Waals surface area contributed by atoms with Gasteiger partial charge in [0.05, 0.1) is 17.7 Å². The van der Waals surface area contributed by atoms with E-state index < -0.39 is 40.1 Å². The summed E-state index contributed by atoms with van der Waals surface area (Å²) in [4.78, 5) is 34.3. The number of halogens is 2. The number of nitro benzene ring substituents is 1. The molecule has 10 heteroatoms. The van der Waals surface area contributed by atoms with Gasteiger partial charge in [0, 0.05) is 12.1 Å². The SMILES string of the molecule is COc1ccc([N+](=O)[O-])cc1NC(=O)[C@H](C)OC(=O)c1c(F)cccc1F. The number of non-ortho nitro benzene ring substituents is 1. The highest BCUT2D eigenvalue weighted by Crippen LogP contribution is 2.29. The van der Waals surface area contributed by atoms with Crippen LogP contribution in [0.4, 0.5) is 20.2 Å². The first-order chi connectivity index (χ1) is 12.7. The van der Waals surface area contributed by atoms with Gasteiger partial charge in [-0.3, -0.25) is 14.9 Å². The topological polar surface area (TPSA) is 108 Å². The summed E-state index contributed by atoms with van der Waals surface area (Å²) in [7, 11) is 1.29. The third-order valence-electron chi connectivity index (χ3n) is 3.47. The molecule has 0 spiro atoms. The lowest BCUT2D eigenvalue weighted by Crippen LogP contribution is -2.30. The van der Waals surface area contributed by atoms with Crippen LogP contribution in [0.5, 0.6) is 5.75 Å². The second kappa shape index (κ2) is 8.21. The Hall–Kier alpha value is -3.56. The Morgan fingerprint density at radius 3 is 2.37 bits per heavy atom. The molecule has 0 heterocycles. The van der Waals surface area contributed by atoms with Gasteiger partial charge >= 0.3 is 5.97 Å². The van der Waals surface area contributed by atoms with Gasteiger partial charge < -0.3 is 14.8 Å². The van der Waals surface area contributed by atoms with Crippen molar-refractivity contribution in [2.24, 2.45) is 0 Å². The number of methoxy groups -OCH3 is 1. The normalized spacial score (nSPS) is 11.4. The molecule has 1 amide bonds. The van der Waals surface area contributed by atoms with Gasteiger partial charge in [0.1, 0.15) is 22.9 Å². The highest BCUT2D eigenvalue weighted by Gasteiger charge is 2.25. The number of carbonyl (C=O) groups excluding carboxylic acids is 2. The molecule has 1 N–H and O–H groups in total. The molecular formula is C17H14F2N2O6. The van der Waals surface area contributed by atoms with Gasteiger partial charge in [-0.1, -0.05) is 6.07 Å². The quantitative estimate of drug-likeness (QED) is 0.469. The number of rotatable bonds is 6. The minimum Gasteiger partial charge on any atom is -0.495 e. The van der Waals surface area contributed by atoms with Crippen LogP contribution in [0, 0.1) is 21.7 Å². The molecule has 2 aromatic carbocycles. The lowest BCUT2D eigenvalue weighted by Gasteiger charge is -2.15. The average Bonchev–Trinajstić information content (AvgIpc) is 2.61. The summed E-state index contributed by atoms with van der Waals surface area (Å²) in [5, 5.41) is 13.2. The van der Waals surface area contributed by atoms with Crippen molar-refractivity contribution in [1.29, 1.82) is 0 Å². The number of nitro groups is 1. The van der Waals surface area contributed by atoms with Gasteiger partial charge in [0.15, 0.2) is 6.10 Å². The van der Waals surface area contributed by atoms with Crippen molar-refractivity contribution in [3.05, 3.63) is 63.7 Å². The molecule has 0 saturated carbocycles. The standard InChI is InChI=1S/C17H14F2N2O6/c1-9(27-17(23)15-11(18)4-3-5-12(15)19)16(22)20-13-8-10(21(24)25)6-7-14(13)26-2/h3-9H,1-2H3,(H,20,22)/t9-/m0/s1. The molecule has 1 atom stereocenters. The number of hydrogen-bond acceptors (Lipinski definition) is 6. The van der Waals surface area contributed by atoms with Gasteiger partial charge in [-0.2, -0.15) is 0 Å². The number of esters is 1. The van der Waals surface area contributed by atoms with E-state index in [9.17, 15) is 28.5 Å². The van der Waals surface area contributed by atoms with E-state index in [-0.39, 0.29) is 17.1 Å². The van der Waals surface area contributed by atoms with Gasteiger partial charge in [-0.05, 0) is 25.1 Å². The molecule has 0 aliphatic rings. The van der Waals surface area contributed by atoms with Crippen LogP contribution in [0.15, 0.2) is 36.4 Å². The van der Waals surface area contributed by atoms with E-state index in [0.29, 0.717) is 0 Å². The van der Waals surface area contributed by atoms with Crippen molar-refractivity contribution < 1.29 is 32.8 Å². The fourth-order valence-electron chi connectivity index (χ4n) is 2.11. The Kier molecular flexibility index (Phi) is 6.01. The molecule has 0 bridgehead atoms. The smallest absolute Gasteiger partial charge is 0.344 e. The molecule has 142 valence electrons. The van der Waals surface area contributed by atoms with Crippen LogP contribution in [-0.2, 0) is 9.53 Å². The first kappa shape index (κ1) is 19.8. The monoisotopic (exact) mass is 380 g/mol. The first-order valence-corrected chi connectivity index (χ1v) is 7.53. The molecule has 0 fully saturated rings. The van der Waals surface area contributed by atoms with Crippen LogP contribution >= 0.6 is 0 Å². The molecule has 2 aromatic rings. The highest BCUT2D eigenvalue weighted by atomic mass is 19.1. The zero-order chi connectivity index (χ0) is 20.1. The zero-order valence-electron chi connectivity index (χ0n) is 14.2. The van der Waals surface area contributed by atoms with Crippen LogP contribution in [0.1, 0.15) is 17.3 Å². The number of ether oxygens (including phenoxy) is 2. The molecule has 0 aliphatic heterocycles. The van der Waals surface area contributed by atoms with E-state index in [1.54, 1.807) is 0 Å². The Balaban J connectivity index is 2.15. The molecule has 0 aliphatic carbocycles. The summed E-state index contributed by atoms with van der Waals surface area (Å²) in [6, 6.07) is 6.34. The summed E-state index contributed by atoms with van der Waals surface area (Å²) in [5.74, 6) is -4.37. The number of hydrogen-bond donors (Lipinski definition) is 1. The van der Waals surface area contributed by atoms with Crippen molar-refractivity contribution in [2.75, 3.05) is 12.4 Å². The fraction of sp³-hybridized carbons (Fsp3) is 0.176. The largest absolute Gasteiger partial charge is 0.495 e. The van der Waals surface area contributed by atoms with E-state index in [1.807, 2.05) is 0 Å². The van der Waals surface area contributed by atoms with E-state index in [1.165, 1.54) is 26.2 Å². The molecule has 0 radical (unpaired) electrons. The zero-order valence-corrected chi connectivity index (χ0v) is 14.2. The third kappa shape index (κ3) is 4.54. The molecular weight excluding hydrogens is 366 g/mol. The number of nitrogens with one attached hydrogen (secondary N) is 1. The molecule has 0 unspecified atom stereocenters. The minimum atomic E-state index is -1.44. The second-order valence-electron chi connectivity index (χ2n) is 5.28. The Labute approximate surface area is 151 Å². The molecule has 8 nitrogen and oxygen atoms in total. The number of amides is 1. The summed E-state index contributed by atoms with van der Waals surface area (Å²) in [6.45, 7) is 1.18. The Bertz CT molecular complexity index is 883. The summed E-state index contributed by atoms with van der Waals surface area (Å²) < 4.78 is 37.0. The maximum absolute atomic E-state index is 13.6. The number of carbonyl (C=O) groups is 2. The summed E-state index contributed by atoms with van der Waals surface area (Å²) in [6.07, 6.45) is -1.44. The van der Waals surface area contributed by atoms with Crippen molar-refractivity contribution in [2.45, 2.75) is 13.0 Å². The lowest BCUT2D eigenvalue weighted by atomic mass is 10.2. The van der Waals surface area contributed by atoms with Crippen LogP contribution in [0.2, 0.25) is 0 Å². The summed E-state index contributed by atoms with van der Waals surface area (Å²) in [5.41, 5.74) is -1.26.